The lowest BCUT2D eigenvalue weighted by Crippen LogP contribution is -2.18. The molecule has 1 aromatic rings. The highest BCUT2D eigenvalue weighted by Gasteiger charge is 2.50. The van der Waals surface area contributed by atoms with E-state index in [1.54, 1.807) is 0 Å². The molecule has 1 aliphatic rings. The van der Waals surface area contributed by atoms with E-state index in [9.17, 15) is 9.18 Å². The van der Waals surface area contributed by atoms with Crippen molar-refractivity contribution in [2.45, 2.75) is 20.3 Å². The van der Waals surface area contributed by atoms with E-state index in [0.29, 0.717) is 5.69 Å². The van der Waals surface area contributed by atoms with Crippen LogP contribution < -0.4 is 11.1 Å². The zero-order chi connectivity index (χ0) is 13.5. The summed E-state index contributed by atoms with van der Waals surface area (Å²) < 4.78 is 13.4. The van der Waals surface area contributed by atoms with Crippen LogP contribution in [0.5, 0.6) is 0 Å². The predicted molar refractivity (Wildman–Crippen MR) is 72.8 cm³/mol. The van der Waals surface area contributed by atoms with Gasteiger partial charge in [0.25, 0.3) is 0 Å². The predicted octanol–water partition coefficient (Wildman–Crippen LogP) is 2.44. The first kappa shape index (κ1) is 13.0. The van der Waals surface area contributed by atoms with Crippen molar-refractivity contribution in [2.75, 3.05) is 5.32 Å². The highest BCUT2D eigenvalue weighted by molar-refractivity contribution is 7.80. The molecule has 0 aromatic heterocycles. The summed E-state index contributed by atoms with van der Waals surface area (Å²) in [7, 11) is 0. The third-order valence-corrected chi connectivity index (χ3v) is 3.55. The Balaban J connectivity index is 2.13. The fraction of sp³-hybridized carbons (Fsp3) is 0.385. The summed E-state index contributed by atoms with van der Waals surface area (Å²) in [6.07, 6.45) is 0.877. The van der Waals surface area contributed by atoms with Crippen LogP contribution in [0.25, 0.3) is 0 Å². The van der Waals surface area contributed by atoms with Crippen LogP contribution in [0.1, 0.15) is 25.8 Å². The van der Waals surface area contributed by atoms with Crippen LogP contribution in [0.2, 0.25) is 0 Å². The van der Waals surface area contributed by atoms with E-state index in [4.69, 9.17) is 18.0 Å². The second kappa shape index (κ2) is 4.31. The number of amides is 1. The van der Waals surface area contributed by atoms with Gasteiger partial charge in [-0.1, -0.05) is 26.1 Å². The van der Waals surface area contributed by atoms with Gasteiger partial charge >= 0.3 is 0 Å². The molecule has 0 spiro atoms. The summed E-state index contributed by atoms with van der Waals surface area (Å²) in [6, 6.07) is 4.22. The number of carbonyl (C=O) groups excluding carboxylic acids is 1. The number of hydrogen-bond acceptors (Lipinski definition) is 2. The molecule has 1 saturated carbocycles. The Morgan fingerprint density at radius 1 is 1.56 bits per heavy atom. The third kappa shape index (κ3) is 2.51. The quantitative estimate of drug-likeness (QED) is 0.826. The summed E-state index contributed by atoms with van der Waals surface area (Å²) in [4.78, 5) is 11.9. The van der Waals surface area contributed by atoms with Crippen LogP contribution >= 0.6 is 12.2 Å². The molecule has 1 aliphatic carbocycles. The standard InChI is InChI=1S/C13H15FN2OS/c1-13(2)6-9(13)12(17)16-7-3-4-10(14)8(5-7)11(15)18/h3-5,9H,6H2,1-2H3,(H2,15,18)(H,16,17). The van der Waals surface area contributed by atoms with Crippen molar-refractivity contribution in [1.29, 1.82) is 0 Å². The molecule has 0 saturated heterocycles. The lowest BCUT2D eigenvalue weighted by atomic mass is 10.1. The summed E-state index contributed by atoms with van der Waals surface area (Å²) in [5.41, 5.74) is 6.14. The first-order valence-electron chi connectivity index (χ1n) is 5.71. The summed E-state index contributed by atoms with van der Waals surface area (Å²) in [5, 5.41) is 2.76. The van der Waals surface area contributed by atoms with Gasteiger partial charge < -0.3 is 11.1 Å². The molecule has 18 heavy (non-hydrogen) atoms. The molecule has 96 valence electrons. The molecule has 3 N–H and O–H groups in total. The second-order valence-corrected chi connectivity index (χ2v) is 5.73. The van der Waals surface area contributed by atoms with Gasteiger partial charge in [0.15, 0.2) is 0 Å². The zero-order valence-electron chi connectivity index (χ0n) is 10.3. The van der Waals surface area contributed by atoms with Crippen molar-refractivity contribution in [3.05, 3.63) is 29.6 Å². The SMILES string of the molecule is CC1(C)CC1C(=O)Nc1ccc(F)c(C(N)=S)c1. The molecule has 5 heteroatoms. The van der Waals surface area contributed by atoms with Gasteiger partial charge in [-0.15, -0.1) is 0 Å². The molecular formula is C13H15FN2OS. The van der Waals surface area contributed by atoms with Gasteiger partial charge in [0, 0.05) is 17.2 Å². The van der Waals surface area contributed by atoms with Crippen LogP contribution in [0.15, 0.2) is 18.2 Å². The van der Waals surface area contributed by atoms with Crippen molar-refractivity contribution in [1.82, 2.24) is 0 Å². The minimum absolute atomic E-state index is 0.0182. The molecule has 0 radical (unpaired) electrons. The number of rotatable bonds is 3. The van der Waals surface area contributed by atoms with Gasteiger partial charge in [-0.2, -0.15) is 0 Å². The lowest BCUT2D eigenvalue weighted by molar-refractivity contribution is -0.118. The number of nitrogens with one attached hydrogen (secondary N) is 1. The average molecular weight is 266 g/mol. The molecule has 1 fully saturated rings. The molecule has 1 atom stereocenters. The van der Waals surface area contributed by atoms with E-state index in [1.807, 2.05) is 13.8 Å². The van der Waals surface area contributed by atoms with E-state index < -0.39 is 5.82 Å². The van der Waals surface area contributed by atoms with Crippen LogP contribution in [-0.4, -0.2) is 10.9 Å². The number of carbonyl (C=O) groups is 1. The van der Waals surface area contributed by atoms with E-state index in [-0.39, 0.29) is 27.8 Å². The number of hydrogen-bond donors (Lipinski definition) is 2. The van der Waals surface area contributed by atoms with Crippen molar-refractivity contribution < 1.29 is 9.18 Å². The van der Waals surface area contributed by atoms with E-state index in [1.165, 1.54) is 18.2 Å². The Kier molecular flexibility index (Phi) is 3.11. The van der Waals surface area contributed by atoms with Crippen LogP contribution in [0, 0.1) is 17.2 Å². The van der Waals surface area contributed by atoms with Gasteiger partial charge in [-0.05, 0) is 30.0 Å². The molecule has 2 rings (SSSR count). The number of halogens is 1. The Hall–Kier alpha value is -1.49. The maximum absolute atomic E-state index is 13.4. The minimum Gasteiger partial charge on any atom is -0.389 e. The Morgan fingerprint density at radius 2 is 2.17 bits per heavy atom. The normalized spacial score (nSPS) is 20.3. The van der Waals surface area contributed by atoms with Gasteiger partial charge in [-0.25, -0.2) is 4.39 Å². The van der Waals surface area contributed by atoms with Crippen molar-refractivity contribution >= 4 is 28.8 Å². The average Bonchev–Trinajstić information content (AvgIpc) is 2.90. The Labute approximate surface area is 111 Å². The van der Waals surface area contributed by atoms with Gasteiger partial charge in [0.05, 0.1) is 0 Å². The topological polar surface area (TPSA) is 55.1 Å². The lowest BCUT2D eigenvalue weighted by Gasteiger charge is -2.08. The zero-order valence-corrected chi connectivity index (χ0v) is 11.1. The van der Waals surface area contributed by atoms with Gasteiger partial charge in [0.2, 0.25) is 5.91 Å². The minimum atomic E-state index is -0.479. The smallest absolute Gasteiger partial charge is 0.228 e. The first-order valence-corrected chi connectivity index (χ1v) is 6.12. The summed E-state index contributed by atoms with van der Waals surface area (Å²) >= 11 is 4.75. The molecule has 1 aromatic carbocycles. The molecule has 1 unspecified atom stereocenters. The monoisotopic (exact) mass is 266 g/mol. The summed E-state index contributed by atoms with van der Waals surface area (Å²) in [5.74, 6) is -0.497. The fourth-order valence-corrected chi connectivity index (χ4v) is 2.09. The number of benzene rings is 1. The Morgan fingerprint density at radius 3 is 2.67 bits per heavy atom. The number of nitrogens with two attached hydrogens (primary N) is 1. The van der Waals surface area contributed by atoms with Crippen molar-refractivity contribution in [3.8, 4) is 0 Å². The molecule has 1 amide bonds. The van der Waals surface area contributed by atoms with Gasteiger partial charge in [-0.3, -0.25) is 4.79 Å². The van der Waals surface area contributed by atoms with Crippen LogP contribution in [0.3, 0.4) is 0 Å². The highest BCUT2D eigenvalue weighted by Crippen LogP contribution is 2.51. The maximum Gasteiger partial charge on any atom is 0.228 e. The first-order chi connectivity index (χ1) is 8.31. The largest absolute Gasteiger partial charge is 0.389 e. The second-order valence-electron chi connectivity index (χ2n) is 5.29. The van der Waals surface area contributed by atoms with Crippen LogP contribution in [0.4, 0.5) is 10.1 Å². The fourth-order valence-electron chi connectivity index (χ4n) is 1.94. The van der Waals surface area contributed by atoms with E-state index in [2.05, 4.69) is 5.32 Å². The maximum atomic E-state index is 13.4. The summed E-state index contributed by atoms with van der Waals surface area (Å²) in [6.45, 7) is 4.09. The van der Waals surface area contributed by atoms with Crippen LogP contribution in [-0.2, 0) is 4.79 Å². The highest BCUT2D eigenvalue weighted by atomic mass is 32.1. The van der Waals surface area contributed by atoms with E-state index in [0.717, 1.165) is 6.42 Å². The molecule has 0 heterocycles. The van der Waals surface area contributed by atoms with E-state index >= 15 is 0 Å². The third-order valence-electron chi connectivity index (χ3n) is 3.33. The van der Waals surface area contributed by atoms with Gasteiger partial charge in [0.1, 0.15) is 10.8 Å². The van der Waals surface area contributed by atoms with Crippen molar-refractivity contribution in [2.24, 2.45) is 17.1 Å². The van der Waals surface area contributed by atoms with Crippen molar-refractivity contribution in [3.63, 3.8) is 0 Å². The molecule has 3 nitrogen and oxygen atoms in total. The Bertz CT molecular complexity index is 528. The number of anilines is 1. The molecular weight excluding hydrogens is 251 g/mol. The molecule has 0 bridgehead atoms. The number of thiocarbonyl (C=S) groups is 1. The molecule has 0 aliphatic heterocycles.